The maximum absolute atomic E-state index is 12.7. The molecule has 3 aromatic rings. The van der Waals surface area contributed by atoms with E-state index in [1.807, 2.05) is 11.9 Å². The van der Waals surface area contributed by atoms with Crippen LogP contribution in [0.15, 0.2) is 60.9 Å². The van der Waals surface area contributed by atoms with E-state index < -0.39 is 18.1 Å². The summed E-state index contributed by atoms with van der Waals surface area (Å²) in [6.07, 6.45) is -2.20. The van der Waals surface area contributed by atoms with Gasteiger partial charge in [0, 0.05) is 48.6 Å². The Hall–Kier alpha value is -4.52. The molecule has 13 heteroatoms. The Morgan fingerprint density at radius 1 is 0.895 bits per heavy atom. The van der Waals surface area contributed by atoms with Gasteiger partial charge in [-0.2, -0.15) is 18.7 Å². The van der Waals surface area contributed by atoms with Crippen molar-refractivity contribution in [1.29, 1.82) is 0 Å². The summed E-state index contributed by atoms with van der Waals surface area (Å²) in [4.78, 5) is 51.8. The van der Waals surface area contributed by atoms with Gasteiger partial charge in [0.1, 0.15) is 5.82 Å². The van der Waals surface area contributed by atoms with Crippen molar-refractivity contribution in [1.82, 2.24) is 25.2 Å². The third kappa shape index (κ3) is 6.62. The lowest BCUT2D eigenvalue weighted by Gasteiger charge is -2.32. The van der Waals surface area contributed by atoms with E-state index in [-0.39, 0.29) is 11.5 Å². The van der Waals surface area contributed by atoms with Crippen molar-refractivity contribution in [3.05, 3.63) is 72.1 Å². The summed E-state index contributed by atoms with van der Waals surface area (Å²) >= 11 is 0. The Morgan fingerprint density at radius 3 is 2.16 bits per heavy atom. The van der Waals surface area contributed by atoms with Gasteiger partial charge in [0.25, 0.3) is 11.8 Å². The number of amides is 2. The highest BCUT2D eigenvalue weighted by Crippen LogP contribution is 2.22. The number of nitrogens with one attached hydrogen (secondary N) is 2. The van der Waals surface area contributed by atoms with Gasteiger partial charge in [-0.25, -0.2) is 9.78 Å². The minimum Gasteiger partial charge on any atom is -0.339 e. The number of hydrogen-bond donors (Lipinski definition) is 2. The molecule has 198 valence electrons. The number of rotatable bonds is 5. The average molecular weight is 528 g/mol. The molecule has 0 spiro atoms. The number of likely N-dealkylation sites (N-methyl/N-ethyl adjacent to an activating group) is 1. The van der Waals surface area contributed by atoms with Gasteiger partial charge >= 0.3 is 12.1 Å². The first kappa shape index (κ1) is 26.5. The Morgan fingerprint density at radius 2 is 1.53 bits per heavy atom. The van der Waals surface area contributed by atoms with E-state index in [0.717, 1.165) is 13.1 Å². The van der Waals surface area contributed by atoms with Crippen molar-refractivity contribution in [2.45, 2.75) is 6.18 Å². The number of hydrogen-bond acceptors (Lipinski definition) is 8. The summed E-state index contributed by atoms with van der Waals surface area (Å²) in [6.45, 7) is 3.06. The van der Waals surface area contributed by atoms with Gasteiger partial charge in [0.05, 0.1) is 18.1 Å². The van der Waals surface area contributed by atoms with Gasteiger partial charge in [-0.05, 0) is 43.4 Å². The van der Waals surface area contributed by atoms with Gasteiger partial charge in [0.2, 0.25) is 0 Å². The number of nitrogens with zero attached hydrogens (tertiary/aromatic N) is 4. The maximum atomic E-state index is 12.7. The SMILES string of the molecule is CN1CCN(C(=O)c2ccc(Nc3cncc(-c4ccc(C(=O)NOC(=O)C(F)(F)F)cc4)n3)cc2)CC1. The van der Waals surface area contributed by atoms with Crippen LogP contribution in [0.5, 0.6) is 0 Å². The van der Waals surface area contributed by atoms with E-state index in [1.165, 1.54) is 42.1 Å². The molecule has 2 heterocycles. The number of benzene rings is 2. The van der Waals surface area contributed by atoms with Crippen molar-refractivity contribution >= 4 is 29.3 Å². The second-order valence-corrected chi connectivity index (χ2v) is 8.48. The molecule has 2 N–H and O–H groups in total. The van der Waals surface area contributed by atoms with Gasteiger partial charge in [0.15, 0.2) is 0 Å². The van der Waals surface area contributed by atoms with E-state index in [9.17, 15) is 27.6 Å². The molecule has 0 bridgehead atoms. The molecule has 1 fully saturated rings. The Labute approximate surface area is 215 Å². The number of carbonyl (C=O) groups excluding carboxylic acids is 3. The van der Waals surface area contributed by atoms with Crippen molar-refractivity contribution in [2.24, 2.45) is 0 Å². The summed E-state index contributed by atoms with van der Waals surface area (Å²) < 4.78 is 36.5. The third-order valence-corrected chi connectivity index (χ3v) is 5.74. The highest BCUT2D eigenvalue weighted by Gasteiger charge is 2.42. The van der Waals surface area contributed by atoms with Crippen LogP contribution in [-0.4, -0.2) is 77.0 Å². The maximum Gasteiger partial charge on any atom is 0.493 e. The van der Waals surface area contributed by atoms with Crippen LogP contribution in [0.4, 0.5) is 24.7 Å². The van der Waals surface area contributed by atoms with Crippen molar-refractivity contribution < 1.29 is 32.4 Å². The van der Waals surface area contributed by atoms with Crippen molar-refractivity contribution in [2.75, 3.05) is 38.5 Å². The lowest BCUT2D eigenvalue weighted by atomic mass is 10.1. The lowest BCUT2D eigenvalue weighted by molar-refractivity contribution is -0.204. The molecular formula is C25H23F3N6O4. The Kier molecular flexibility index (Phi) is 7.86. The minimum atomic E-state index is -5.22. The number of aromatic nitrogens is 2. The molecule has 0 aliphatic carbocycles. The van der Waals surface area contributed by atoms with E-state index in [0.29, 0.717) is 41.4 Å². The van der Waals surface area contributed by atoms with Crippen LogP contribution in [0, 0.1) is 0 Å². The molecule has 1 saturated heterocycles. The van der Waals surface area contributed by atoms with Crippen LogP contribution in [0.2, 0.25) is 0 Å². The van der Waals surface area contributed by atoms with E-state index in [4.69, 9.17) is 0 Å². The van der Waals surface area contributed by atoms with Gasteiger partial charge in [-0.3, -0.25) is 14.6 Å². The van der Waals surface area contributed by atoms with E-state index in [1.54, 1.807) is 24.3 Å². The molecule has 1 aliphatic rings. The second kappa shape index (κ2) is 11.3. The second-order valence-electron chi connectivity index (χ2n) is 8.48. The minimum absolute atomic E-state index is 0.0120. The quantitative estimate of drug-likeness (QED) is 0.486. The van der Waals surface area contributed by atoms with Crippen LogP contribution in [-0.2, 0) is 9.63 Å². The Balaban J connectivity index is 1.37. The van der Waals surface area contributed by atoms with Crippen LogP contribution in [0.3, 0.4) is 0 Å². The predicted molar refractivity (Wildman–Crippen MR) is 130 cm³/mol. The zero-order valence-electron chi connectivity index (χ0n) is 20.2. The summed E-state index contributed by atoms with van der Waals surface area (Å²) in [5.74, 6) is -3.13. The van der Waals surface area contributed by atoms with E-state index >= 15 is 0 Å². The molecule has 0 radical (unpaired) electrons. The number of hydroxylamine groups is 1. The zero-order chi connectivity index (χ0) is 27.3. The molecular weight excluding hydrogens is 505 g/mol. The molecule has 10 nitrogen and oxygen atoms in total. The normalized spacial score (nSPS) is 14.1. The first-order chi connectivity index (χ1) is 18.1. The first-order valence-corrected chi connectivity index (χ1v) is 11.5. The highest BCUT2D eigenvalue weighted by molar-refractivity contribution is 5.95. The standard InChI is InChI=1S/C25H23F3N6O4/c1-33-10-12-34(13-11-33)23(36)18-6-8-19(9-7-18)30-21-15-29-14-20(31-21)16-2-4-17(5-3-16)22(35)32-38-24(37)25(26,27)28/h2-9,14-15H,10-13H2,1H3,(H,30,31)(H,32,35). The molecule has 1 aliphatic heterocycles. The molecule has 38 heavy (non-hydrogen) atoms. The van der Waals surface area contributed by atoms with E-state index in [2.05, 4.69) is 25.0 Å². The molecule has 1 aromatic heterocycles. The Bertz CT molecular complexity index is 1310. The number of anilines is 2. The lowest BCUT2D eigenvalue weighted by Crippen LogP contribution is -2.47. The summed E-state index contributed by atoms with van der Waals surface area (Å²) in [6, 6.07) is 12.8. The average Bonchev–Trinajstić information content (AvgIpc) is 2.91. The summed E-state index contributed by atoms with van der Waals surface area (Å²) in [7, 11) is 2.03. The number of halogens is 3. The van der Waals surface area contributed by atoms with Crippen LogP contribution in [0.25, 0.3) is 11.3 Å². The molecule has 2 aromatic carbocycles. The largest absolute Gasteiger partial charge is 0.493 e. The molecule has 2 amide bonds. The summed E-state index contributed by atoms with van der Waals surface area (Å²) in [5.41, 5.74) is 3.77. The molecule has 0 unspecified atom stereocenters. The van der Waals surface area contributed by atoms with Crippen molar-refractivity contribution in [3.63, 3.8) is 0 Å². The van der Waals surface area contributed by atoms with Crippen LogP contribution < -0.4 is 10.8 Å². The molecule has 4 rings (SSSR count). The smallest absolute Gasteiger partial charge is 0.339 e. The fraction of sp³-hybridized carbons (Fsp3) is 0.240. The number of carbonyl (C=O) groups is 3. The van der Waals surface area contributed by atoms with Gasteiger partial charge in [-0.1, -0.05) is 12.1 Å². The predicted octanol–water partition coefficient (Wildman–Crippen LogP) is 3.03. The fourth-order valence-corrected chi connectivity index (χ4v) is 3.60. The monoisotopic (exact) mass is 528 g/mol. The summed E-state index contributed by atoms with van der Waals surface area (Å²) in [5, 5.41) is 3.12. The molecule has 0 saturated carbocycles. The fourth-order valence-electron chi connectivity index (χ4n) is 3.60. The van der Waals surface area contributed by atoms with Gasteiger partial charge < -0.3 is 20.0 Å². The van der Waals surface area contributed by atoms with Gasteiger partial charge in [-0.15, -0.1) is 0 Å². The van der Waals surface area contributed by atoms with Crippen molar-refractivity contribution in [3.8, 4) is 11.3 Å². The highest BCUT2D eigenvalue weighted by atomic mass is 19.4. The molecule has 0 atom stereocenters. The number of alkyl halides is 3. The topological polar surface area (TPSA) is 117 Å². The van der Waals surface area contributed by atoms with Crippen LogP contribution >= 0.6 is 0 Å². The zero-order valence-corrected chi connectivity index (χ0v) is 20.2. The first-order valence-electron chi connectivity index (χ1n) is 11.5. The van der Waals surface area contributed by atoms with Crippen LogP contribution in [0.1, 0.15) is 20.7 Å². The third-order valence-electron chi connectivity index (χ3n) is 5.74. The number of piperazine rings is 1.